The van der Waals surface area contributed by atoms with Crippen LogP contribution < -0.4 is 4.90 Å². The van der Waals surface area contributed by atoms with Crippen molar-refractivity contribution in [2.45, 2.75) is 20.3 Å². The normalized spacial score (nSPS) is 14.5. The number of anilines is 1. The van der Waals surface area contributed by atoms with E-state index < -0.39 is 0 Å². The molecule has 1 aromatic carbocycles. The summed E-state index contributed by atoms with van der Waals surface area (Å²) in [5.41, 5.74) is 3.42. The Morgan fingerprint density at radius 2 is 2.27 bits per heavy atom. The first-order valence-electron chi connectivity index (χ1n) is 5.53. The number of fused-ring (bicyclic) bond motifs is 1. The lowest BCUT2D eigenvalue weighted by Crippen LogP contribution is -2.25. The van der Waals surface area contributed by atoms with Crippen LogP contribution in [0.25, 0.3) is 0 Å². The number of carbonyl (C=O) groups excluding carboxylic acids is 1. The van der Waals surface area contributed by atoms with Crippen molar-refractivity contribution in [3.05, 3.63) is 29.3 Å². The van der Waals surface area contributed by atoms with Gasteiger partial charge in [-0.2, -0.15) is 0 Å². The highest BCUT2D eigenvalue weighted by Crippen LogP contribution is 2.29. The van der Waals surface area contributed by atoms with Gasteiger partial charge in [-0.05, 0) is 24.0 Å². The van der Waals surface area contributed by atoms with Crippen molar-refractivity contribution < 1.29 is 4.79 Å². The minimum Gasteiger partial charge on any atom is -0.371 e. The summed E-state index contributed by atoms with van der Waals surface area (Å²) in [4.78, 5) is 13.1. The van der Waals surface area contributed by atoms with Gasteiger partial charge in [0.25, 0.3) is 0 Å². The fourth-order valence-electron chi connectivity index (χ4n) is 2.17. The molecule has 0 aromatic heterocycles. The van der Waals surface area contributed by atoms with Gasteiger partial charge in [-0.15, -0.1) is 0 Å². The lowest BCUT2D eigenvalue weighted by molar-refractivity contribution is 0.112. The minimum atomic E-state index is 0.663. The van der Waals surface area contributed by atoms with Crippen LogP contribution in [0.2, 0.25) is 0 Å². The van der Waals surface area contributed by atoms with E-state index in [4.69, 9.17) is 0 Å². The minimum absolute atomic E-state index is 0.663. The van der Waals surface area contributed by atoms with Crippen LogP contribution in [0, 0.1) is 5.92 Å². The summed E-state index contributed by atoms with van der Waals surface area (Å²) >= 11 is 0. The molecule has 0 spiro atoms. The maximum atomic E-state index is 10.7. The van der Waals surface area contributed by atoms with Gasteiger partial charge < -0.3 is 4.90 Å². The van der Waals surface area contributed by atoms with Gasteiger partial charge in [-0.3, -0.25) is 4.79 Å². The zero-order valence-corrected chi connectivity index (χ0v) is 9.36. The monoisotopic (exact) mass is 203 g/mol. The largest absolute Gasteiger partial charge is 0.371 e. The van der Waals surface area contributed by atoms with Crippen LogP contribution in [-0.4, -0.2) is 19.4 Å². The Labute approximate surface area is 90.9 Å². The fourth-order valence-corrected chi connectivity index (χ4v) is 2.17. The number of benzene rings is 1. The van der Waals surface area contributed by atoms with Crippen molar-refractivity contribution in [1.29, 1.82) is 0 Å². The SMILES string of the molecule is CC(C)CN1CCc2ccc(C=O)cc21. The predicted octanol–water partition coefficient (Wildman–Crippen LogP) is 2.52. The molecule has 0 fully saturated rings. The van der Waals surface area contributed by atoms with E-state index in [1.54, 1.807) is 0 Å². The highest BCUT2D eigenvalue weighted by molar-refractivity contribution is 5.78. The third-order valence-corrected chi connectivity index (χ3v) is 2.82. The van der Waals surface area contributed by atoms with Crippen molar-refractivity contribution >= 4 is 12.0 Å². The topological polar surface area (TPSA) is 20.3 Å². The molecule has 1 aliphatic rings. The van der Waals surface area contributed by atoms with Crippen LogP contribution in [0.3, 0.4) is 0 Å². The summed E-state index contributed by atoms with van der Waals surface area (Å²) in [6.45, 7) is 6.62. The summed E-state index contributed by atoms with van der Waals surface area (Å²) in [5, 5.41) is 0. The van der Waals surface area contributed by atoms with E-state index in [-0.39, 0.29) is 0 Å². The first-order chi connectivity index (χ1) is 7.20. The molecule has 0 saturated heterocycles. The number of aldehydes is 1. The Balaban J connectivity index is 2.27. The summed E-state index contributed by atoms with van der Waals surface area (Å²) in [5.74, 6) is 0.663. The second-order valence-electron chi connectivity index (χ2n) is 4.60. The summed E-state index contributed by atoms with van der Waals surface area (Å²) < 4.78 is 0. The average Bonchev–Trinajstić information content (AvgIpc) is 2.60. The maximum Gasteiger partial charge on any atom is 0.150 e. The van der Waals surface area contributed by atoms with Crippen molar-refractivity contribution in [3.63, 3.8) is 0 Å². The number of rotatable bonds is 3. The second-order valence-corrected chi connectivity index (χ2v) is 4.60. The fraction of sp³-hybridized carbons (Fsp3) is 0.462. The molecular formula is C13H17NO. The zero-order chi connectivity index (χ0) is 10.8. The standard InChI is InChI=1S/C13H17NO/c1-10(2)8-14-6-5-12-4-3-11(9-15)7-13(12)14/h3-4,7,9-10H,5-6,8H2,1-2H3. The highest BCUT2D eigenvalue weighted by Gasteiger charge is 2.19. The molecule has 1 aliphatic heterocycles. The van der Waals surface area contributed by atoms with E-state index in [0.717, 1.165) is 31.4 Å². The van der Waals surface area contributed by atoms with Crippen molar-refractivity contribution in [2.24, 2.45) is 5.92 Å². The van der Waals surface area contributed by atoms with Gasteiger partial charge in [0.15, 0.2) is 0 Å². The maximum absolute atomic E-state index is 10.7. The van der Waals surface area contributed by atoms with Gasteiger partial charge in [0.1, 0.15) is 6.29 Å². The van der Waals surface area contributed by atoms with E-state index >= 15 is 0 Å². The van der Waals surface area contributed by atoms with Crippen LogP contribution in [0.5, 0.6) is 0 Å². The summed E-state index contributed by atoms with van der Waals surface area (Å²) in [6, 6.07) is 6.00. The molecule has 1 heterocycles. The Bertz CT molecular complexity index is 371. The first kappa shape index (κ1) is 10.2. The van der Waals surface area contributed by atoms with Crippen molar-refractivity contribution in [2.75, 3.05) is 18.0 Å². The smallest absolute Gasteiger partial charge is 0.150 e. The number of hydrogen-bond acceptors (Lipinski definition) is 2. The van der Waals surface area contributed by atoms with E-state index in [9.17, 15) is 4.79 Å². The Morgan fingerprint density at radius 1 is 1.47 bits per heavy atom. The van der Waals surface area contributed by atoms with Gasteiger partial charge in [-0.1, -0.05) is 26.0 Å². The second kappa shape index (κ2) is 4.05. The summed E-state index contributed by atoms with van der Waals surface area (Å²) in [6.07, 6.45) is 2.04. The molecular weight excluding hydrogens is 186 g/mol. The molecule has 2 rings (SSSR count). The molecule has 0 bridgehead atoms. The van der Waals surface area contributed by atoms with Crippen LogP contribution in [0.4, 0.5) is 5.69 Å². The molecule has 15 heavy (non-hydrogen) atoms. The lowest BCUT2D eigenvalue weighted by Gasteiger charge is -2.21. The molecule has 0 unspecified atom stereocenters. The van der Waals surface area contributed by atoms with Gasteiger partial charge in [0.2, 0.25) is 0 Å². The Morgan fingerprint density at radius 3 is 2.93 bits per heavy atom. The van der Waals surface area contributed by atoms with Crippen LogP contribution in [-0.2, 0) is 6.42 Å². The Kier molecular flexibility index (Phi) is 2.76. The third-order valence-electron chi connectivity index (χ3n) is 2.82. The molecule has 0 saturated carbocycles. The quantitative estimate of drug-likeness (QED) is 0.703. The third kappa shape index (κ3) is 2.04. The predicted molar refractivity (Wildman–Crippen MR) is 62.6 cm³/mol. The number of nitrogens with zero attached hydrogens (tertiary/aromatic N) is 1. The molecule has 2 nitrogen and oxygen atoms in total. The summed E-state index contributed by atoms with van der Waals surface area (Å²) in [7, 11) is 0. The van der Waals surface area contributed by atoms with E-state index in [0.29, 0.717) is 5.92 Å². The molecule has 0 amide bonds. The van der Waals surface area contributed by atoms with Crippen LogP contribution in [0.15, 0.2) is 18.2 Å². The van der Waals surface area contributed by atoms with Gasteiger partial charge in [0.05, 0.1) is 0 Å². The van der Waals surface area contributed by atoms with Crippen LogP contribution in [0.1, 0.15) is 29.8 Å². The average molecular weight is 203 g/mol. The zero-order valence-electron chi connectivity index (χ0n) is 9.36. The number of hydrogen-bond donors (Lipinski definition) is 0. The van der Waals surface area contributed by atoms with Gasteiger partial charge in [0, 0.05) is 24.3 Å². The lowest BCUT2D eigenvalue weighted by atomic mass is 10.1. The molecule has 80 valence electrons. The molecule has 0 radical (unpaired) electrons. The van der Waals surface area contributed by atoms with Crippen LogP contribution >= 0.6 is 0 Å². The molecule has 0 atom stereocenters. The van der Waals surface area contributed by atoms with Crippen molar-refractivity contribution in [1.82, 2.24) is 0 Å². The molecule has 0 aliphatic carbocycles. The first-order valence-corrected chi connectivity index (χ1v) is 5.53. The molecule has 2 heteroatoms. The van der Waals surface area contributed by atoms with E-state index in [1.807, 2.05) is 12.1 Å². The molecule has 0 N–H and O–H groups in total. The highest BCUT2D eigenvalue weighted by atomic mass is 16.1. The molecule has 1 aromatic rings. The van der Waals surface area contributed by atoms with Gasteiger partial charge >= 0.3 is 0 Å². The Hall–Kier alpha value is -1.31. The van der Waals surface area contributed by atoms with Gasteiger partial charge in [-0.25, -0.2) is 0 Å². The van der Waals surface area contributed by atoms with Crippen molar-refractivity contribution in [3.8, 4) is 0 Å². The number of carbonyl (C=O) groups is 1. The van der Waals surface area contributed by atoms with E-state index in [1.165, 1.54) is 11.3 Å². The van der Waals surface area contributed by atoms with E-state index in [2.05, 4.69) is 24.8 Å².